The Labute approximate surface area is 166 Å². The third kappa shape index (κ3) is 5.80. The molecule has 3 amide bonds. The smallest absolute Gasteiger partial charge is 0.335 e. The lowest BCUT2D eigenvalue weighted by atomic mass is 10.1. The Morgan fingerprint density at radius 1 is 1.14 bits per heavy atom. The number of nitrogens with zero attached hydrogens (tertiary/aromatic N) is 1. The Morgan fingerprint density at radius 2 is 1.86 bits per heavy atom. The van der Waals surface area contributed by atoms with Crippen LogP contribution in [0, 0.1) is 0 Å². The van der Waals surface area contributed by atoms with E-state index in [-0.39, 0.29) is 19.1 Å². The molecule has 0 radical (unpaired) electrons. The van der Waals surface area contributed by atoms with Crippen LogP contribution in [0.5, 0.6) is 5.75 Å². The van der Waals surface area contributed by atoms with Crippen molar-refractivity contribution < 1.29 is 24.2 Å². The highest BCUT2D eigenvalue weighted by atomic mass is 16.5. The number of nitrogens with one attached hydrogen (secondary N) is 3. The molecular formula is C20H20N4O5. The van der Waals surface area contributed by atoms with Gasteiger partial charge in [-0.1, -0.05) is 30.3 Å². The van der Waals surface area contributed by atoms with Gasteiger partial charge in [0.2, 0.25) is 0 Å². The third-order valence-electron chi connectivity index (χ3n) is 4.18. The highest BCUT2D eigenvalue weighted by Gasteiger charge is 2.20. The quantitative estimate of drug-likeness (QED) is 0.527. The van der Waals surface area contributed by atoms with Crippen molar-refractivity contribution in [3.63, 3.8) is 0 Å². The number of amides is 3. The summed E-state index contributed by atoms with van der Waals surface area (Å²) in [7, 11) is 0. The van der Waals surface area contributed by atoms with Crippen LogP contribution in [-0.2, 0) is 16.0 Å². The summed E-state index contributed by atoms with van der Waals surface area (Å²) in [6, 6.07) is 14.5. The molecule has 0 saturated heterocycles. The standard InChI is InChI=1S/C20H20N4O5/c25-18(22-16(19(26)27)10-13-4-2-1-3-5-13)12-29-15-8-6-14(7-9-15)17-11-21-20(28)24-23-17/h1-9,16H,10-12H2,(H,22,25)(H,26,27)(H2,21,24,28)/t16-/m0/s1. The second kappa shape index (κ2) is 9.36. The number of urea groups is 1. The van der Waals surface area contributed by atoms with Gasteiger partial charge in [0.25, 0.3) is 5.91 Å². The predicted octanol–water partition coefficient (Wildman–Crippen LogP) is 0.894. The number of hydrogen-bond acceptors (Lipinski definition) is 5. The lowest BCUT2D eigenvalue weighted by molar-refractivity contribution is -0.142. The molecule has 0 spiro atoms. The summed E-state index contributed by atoms with van der Waals surface area (Å²) in [5, 5.41) is 18.4. The topological polar surface area (TPSA) is 129 Å². The van der Waals surface area contributed by atoms with E-state index in [0.717, 1.165) is 11.1 Å². The van der Waals surface area contributed by atoms with Crippen LogP contribution in [0.4, 0.5) is 4.79 Å². The molecule has 29 heavy (non-hydrogen) atoms. The maximum atomic E-state index is 12.1. The summed E-state index contributed by atoms with van der Waals surface area (Å²) < 4.78 is 5.43. The van der Waals surface area contributed by atoms with Crippen molar-refractivity contribution in [1.29, 1.82) is 0 Å². The van der Waals surface area contributed by atoms with Crippen LogP contribution in [0.1, 0.15) is 11.1 Å². The molecule has 3 rings (SSSR count). The van der Waals surface area contributed by atoms with Gasteiger partial charge in [-0.05, 0) is 35.4 Å². The van der Waals surface area contributed by atoms with E-state index in [1.165, 1.54) is 0 Å². The number of hydrogen-bond donors (Lipinski definition) is 4. The molecule has 1 aliphatic rings. The Balaban J connectivity index is 1.51. The van der Waals surface area contributed by atoms with Gasteiger partial charge in [0.05, 0.1) is 12.3 Å². The van der Waals surface area contributed by atoms with Gasteiger partial charge < -0.3 is 20.5 Å². The molecule has 1 aliphatic heterocycles. The maximum Gasteiger partial charge on any atom is 0.335 e. The van der Waals surface area contributed by atoms with E-state index in [1.807, 2.05) is 18.2 Å². The van der Waals surface area contributed by atoms with Crippen molar-refractivity contribution >= 4 is 23.6 Å². The number of carboxylic acid groups (broad SMARTS) is 1. The monoisotopic (exact) mass is 396 g/mol. The highest BCUT2D eigenvalue weighted by Crippen LogP contribution is 2.13. The summed E-state index contributed by atoms with van der Waals surface area (Å²) in [6.45, 7) is 0.00289. The van der Waals surface area contributed by atoms with Crippen LogP contribution in [0.25, 0.3) is 0 Å². The Hall–Kier alpha value is -3.88. The van der Waals surface area contributed by atoms with Crippen molar-refractivity contribution in [3.8, 4) is 5.75 Å². The number of hydrazone groups is 1. The lowest BCUT2D eigenvalue weighted by Gasteiger charge is -2.16. The van der Waals surface area contributed by atoms with Gasteiger partial charge in [0.15, 0.2) is 6.61 Å². The number of benzene rings is 2. The van der Waals surface area contributed by atoms with E-state index >= 15 is 0 Å². The van der Waals surface area contributed by atoms with E-state index in [9.17, 15) is 19.5 Å². The second-order valence-electron chi connectivity index (χ2n) is 6.31. The summed E-state index contributed by atoms with van der Waals surface area (Å²) in [5.74, 6) is -1.19. The van der Waals surface area contributed by atoms with Gasteiger partial charge in [-0.25, -0.2) is 15.0 Å². The van der Waals surface area contributed by atoms with Crippen LogP contribution in [0.2, 0.25) is 0 Å². The van der Waals surface area contributed by atoms with Gasteiger partial charge >= 0.3 is 12.0 Å². The van der Waals surface area contributed by atoms with Gasteiger partial charge in [0, 0.05) is 6.42 Å². The molecule has 0 fully saturated rings. The average molecular weight is 396 g/mol. The molecule has 1 heterocycles. The van der Waals surface area contributed by atoms with Gasteiger partial charge in [-0.15, -0.1) is 0 Å². The first-order valence-corrected chi connectivity index (χ1v) is 8.91. The van der Waals surface area contributed by atoms with Crippen molar-refractivity contribution in [1.82, 2.24) is 16.1 Å². The molecule has 2 aromatic rings. The van der Waals surface area contributed by atoms with E-state index in [0.29, 0.717) is 18.0 Å². The van der Waals surface area contributed by atoms with Crippen molar-refractivity contribution in [2.45, 2.75) is 12.5 Å². The zero-order valence-electron chi connectivity index (χ0n) is 15.4. The van der Waals surface area contributed by atoms with Crippen LogP contribution in [0.15, 0.2) is 59.7 Å². The molecule has 1 atom stereocenters. The van der Waals surface area contributed by atoms with Crippen molar-refractivity contribution in [3.05, 3.63) is 65.7 Å². The molecular weight excluding hydrogens is 376 g/mol. The SMILES string of the molecule is O=C(COc1ccc(C2=NNC(=O)NC2)cc1)N[C@@H](Cc1ccccc1)C(=O)O. The molecule has 0 aliphatic carbocycles. The van der Waals surface area contributed by atoms with E-state index in [2.05, 4.69) is 21.2 Å². The minimum absolute atomic E-state index is 0.184. The Kier molecular flexibility index (Phi) is 6.41. The van der Waals surface area contributed by atoms with Gasteiger partial charge in [-0.2, -0.15) is 5.10 Å². The minimum Gasteiger partial charge on any atom is -0.484 e. The summed E-state index contributed by atoms with van der Waals surface area (Å²) >= 11 is 0. The molecule has 0 bridgehead atoms. The zero-order chi connectivity index (χ0) is 20.6. The van der Waals surface area contributed by atoms with E-state index < -0.39 is 17.9 Å². The molecule has 9 nitrogen and oxygen atoms in total. The molecule has 2 aromatic carbocycles. The Morgan fingerprint density at radius 3 is 2.48 bits per heavy atom. The largest absolute Gasteiger partial charge is 0.484 e. The molecule has 0 saturated carbocycles. The van der Waals surface area contributed by atoms with Crippen LogP contribution < -0.4 is 20.8 Å². The Bertz CT molecular complexity index is 912. The van der Waals surface area contributed by atoms with E-state index in [1.54, 1.807) is 36.4 Å². The summed E-state index contributed by atoms with van der Waals surface area (Å²) in [6.07, 6.45) is 0.184. The van der Waals surface area contributed by atoms with Crippen LogP contribution >= 0.6 is 0 Å². The second-order valence-corrected chi connectivity index (χ2v) is 6.31. The molecule has 0 unspecified atom stereocenters. The lowest BCUT2D eigenvalue weighted by Crippen LogP contribution is -2.44. The average Bonchev–Trinajstić information content (AvgIpc) is 2.73. The first kappa shape index (κ1) is 19.9. The summed E-state index contributed by atoms with van der Waals surface area (Å²) in [4.78, 5) is 34.6. The first-order valence-electron chi connectivity index (χ1n) is 8.91. The van der Waals surface area contributed by atoms with Gasteiger partial charge in [-0.3, -0.25) is 4.79 Å². The highest BCUT2D eigenvalue weighted by molar-refractivity contribution is 6.05. The molecule has 0 aromatic heterocycles. The molecule has 4 N–H and O–H groups in total. The fourth-order valence-corrected chi connectivity index (χ4v) is 2.71. The predicted molar refractivity (Wildman–Crippen MR) is 105 cm³/mol. The first-order chi connectivity index (χ1) is 14.0. The fraction of sp³-hybridized carbons (Fsp3) is 0.200. The molecule has 9 heteroatoms. The number of aliphatic carboxylic acids is 1. The van der Waals surface area contributed by atoms with Gasteiger partial charge in [0.1, 0.15) is 11.8 Å². The number of carbonyl (C=O) groups excluding carboxylic acids is 2. The maximum absolute atomic E-state index is 12.1. The fourth-order valence-electron chi connectivity index (χ4n) is 2.71. The number of carboxylic acids is 1. The van der Waals surface area contributed by atoms with E-state index in [4.69, 9.17) is 4.74 Å². The number of carbonyl (C=O) groups is 3. The van der Waals surface area contributed by atoms with Crippen LogP contribution in [-0.4, -0.2) is 47.9 Å². The number of ether oxygens (including phenoxy) is 1. The normalized spacial score (nSPS) is 14.1. The minimum atomic E-state index is -1.11. The van der Waals surface area contributed by atoms with Crippen molar-refractivity contribution in [2.24, 2.45) is 5.10 Å². The van der Waals surface area contributed by atoms with Crippen molar-refractivity contribution in [2.75, 3.05) is 13.2 Å². The third-order valence-corrected chi connectivity index (χ3v) is 4.18. The number of rotatable bonds is 8. The van der Waals surface area contributed by atoms with Crippen LogP contribution in [0.3, 0.4) is 0 Å². The summed E-state index contributed by atoms with van der Waals surface area (Å²) in [5.41, 5.74) is 4.61. The molecule has 150 valence electrons. The zero-order valence-corrected chi connectivity index (χ0v) is 15.4.